The molecule has 1 atom stereocenters. The van der Waals surface area contributed by atoms with Gasteiger partial charge in [0.1, 0.15) is 23.7 Å². The van der Waals surface area contributed by atoms with Crippen molar-refractivity contribution in [2.75, 3.05) is 38.2 Å². The molecule has 2 aromatic rings. The highest BCUT2D eigenvalue weighted by atomic mass is 35.5. The monoisotopic (exact) mass is 602 g/mol. The predicted octanol–water partition coefficient (Wildman–Crippen LogP) is 6.17. The summed E-state index contributed by atoms with van der Waals surface area (Å²) < 4.78 is 49.5. The lowest BCUT2D eigenvalue weighted by Gasteiger charge is -2.29. The Balaban J connectivity index is 1.80. The van der Waals surface area contributed by atoms with E-state index in [0.717, 1.165) is 24.1 Å². The molecular weight excluding hydrogens is 572 g/mol. The predicted molar refractivity (Wildman–Crippen MR) is 148 cm³/mol. The van der Waals surface area contributed by atoms with Crippen LogP contribution < -0.4 is 10.1 Å². The van der Waals surface area contributed by atoms with E-state index in [1.165, 1.54) is 22.0 Å². The summed E-state index contributed by atoms with van der Waals surface area (Å²) >= 11 is 11.5. The maximum absolute atomic E-state index is 13.0. The molecule has 1 aliphatic heterocycles. The Morgan fingerprint density at radius 2 is 1.77 bits per heavy atom. The van der Waals surface area contributed by atoms with Crippen LogP contribution in [-0.2, 0) is 15.7 Å². The first-order valence-electron chi connectivity index (χ1n) is 12.8. The van der Waals surface area contributed by atoms with Crippen molar-refractivity contribution < 1.29 is 32.2 Å². The van der Waals surface area contributed by atoms with Gasteiger partial charge in [0, 0.05) is 17.8 Å². The molecule has 0 radical (unpaired) electrons. The van der Waals surface area contributed by atoms with Crippen LogP contribution in [0.1, 0.15) is 37.8 Å². The summed E-state index contributed by atoms with van der Waals surface area (Å²) in [5.74, 6) is 0.206. The van der Waals surface area contributed by atoms with Crippen molar-refractivity contribution in [2.45, 2.75) is 43.7 Å². The smallest absolute Gasteiger partial charge is 0.416 e. The van der Waals surface area contributed by atoms with Gasteiger partial charge in [-0.05, 0) is 61.4 Å². The Labute approximate surface area is 241 Å². The standard InChI is InChI=1S/C27H31Cl2F3N4O4/c1-3-13-36(26(38)40-17-23(28)29)22-15-35(34-25(22)18-5-11-21(12-6-18)39-14-4-2)16-24(37)33-20-9-7-19(8-10-20)27(30,31)32/h5-12,22-23H,3-4,13-17H2,1-2H3,(H,33,37). The Kier molecular flexibility index (Phi) is 11.3. The molecule has 1 heterocycles. The summed E-state index contributed by atoms with van der Waals surface area (Å²) in [6.07, 6.45) is -3.61. The molecule has 0 aliphatic carbocycles. The minimum absolute atomic E-state index is 0.185. The van der Waals surface area contributed by atoms with Crippen molar-refractivity contribution in [1.82, 2.24) is 9.91 Å². The van der Waals surface area contributed by atoms with Crippen LogP contribution in [0.4, 0.5) is 23.7 Å². The number of halogens is 5. The minimum Gasteiger partial charge on any atom is -0.494 e. The number of benzene rings is 2. The van der Waals surface area contributed by atoms with Crippen molar-refractivity contribution in [2.24, 2.45) is 5.10 Å². The number of carbonyl (C=O) groups excluding carboxylic acids is 2. The fraction of sp³-hybridized carbons (Fsp3) is 0.444. The molecular formula is C27H31Cl2F3N4O4. The third-order valence-corrected chi connectivity index (χ3v) is 6.05. The zero-order chi connectivity index (χ0) is 29.3. The molecule has 0 spiro atoms. The Morgan fingerprint density at radius 1 is 1.10 bits per heavy atom. The number of carbonyl (C=O) groups is 2. The third kappa shape index (κ3) is 8.92. The van der Waals surface area contributed by atoms with Crippen molar-refractivity contribution in [1.29, 1.82) is 0 Å². The Morgan fingerprint density at radius 3 is 2.35 bits per heavy atom. The van der Waals surface area contributed by atoms with Crippen LogP contribution in [0.15, 0.2) is 53.6 Å². The first-order valence-corrected chi connectivity index (χ1v) is 13.6. The van der Waals surface area contributed by atoms with E-state index in [4.69, 9.17) is 32.7 Å². The lowest BCUT2D eigenvalue weighted by atomic mass is 10.0. The van der Waals surface area contributed by atoms with E-state index in [2.05, 4.69) is 10.4 Å². The van der Waals surface area contributed by atoms with Crippen molar-refractivity contribution in [3.63, 3.8) is 0 Å². The summed E-state index contributed by atoms with van der Waals surface area (Å²) in [4.78, 5) is 26.4. The van der Waals surface area contributed by atoms with Gasteiger partial charge < -0.3 is 14.8 Å². The number of hydrogen-bond donors (Lipinski definition) is 1. The van der Waals surface area contributed by atoms with E-state index in [1.54, 1.807) is 12.1 Å². The summed E-state index contributed by atoms with van der Waals surface area (Å²) in [6.45, 7) is 4.64. The quantitative estimate of drug-likeness (QED) is 0.294. The van der Waals surface area contributed by atoms with Crippen molar-refractivity contribution in [3.8, 4) is 5.75 Å². The van der Waals surface area contributed by atoms with Crippen LogP contribution in [0.5, 0.6) is 5.75 Å². The van der Waals surface area contributed by atoms with Crippen molar-refractivity contribution in [3.05, 3.63) is 59.7 Å². The highest BCUT2D eigenvalue weighted by Gasteiger charge is 2.36. The van der Waals surface area contributed by atoms with Crippen LogP contribution >= 0.6 is 23.2 Å². The number of ether oxygens (including phenoxy) is 2. The summed E-state index contributed by atoms with van der Waals surface area (Å²) in [5, 5.41) is 8.73. The number of nitrogens with one attached hydrogen (secondary N) is 1. The number of rotatable bonds is 12. The molecule has 1 N–H and O–H groups in total. The molecule has 0 bridgehead atoms. The van der Waals surface area contributed by atoms with Gasteiger partial charge >= 0.3 is 12.3 Å². The minimum atomic E-state index is -4.47. The molecule has 3 rings (SSSR count). The Bertz CT molecular complexity index is 1160. The van der Waals surface area contributed by atoms with Gasteiger partial charge in [-0.15, -0.1) is 23.2 Å². The topological polar surface area (TPSA) is 83.5 Å². The maximum Gasteiger partial charge on any atom is 0.416 e. The number of alkyl halides is 5. The highest BCUT2D eigenvalue weighted by molar-refractivity contribution is 6.44. The fourth-order valence-electron chi connectivity index (χ4n) is 4.03. The lowest BCUT2D eigenvalue weighted by Crippen LogP contribution is -2.48. The normalized spacial score (nSPS) is 15.2. The molecule has 8 nitrogen and oxygen atoms in total. The van der Waals surface area contributed by atoms with E-state index in [9.17, 15) is 22.8 Å². The number of anilines is 1. The van der Waals surface area contributed by atoms with Gasteiger partial charge in [0.05, 0.1) is 30.5 Å². The summed E-state index contributed by atoms with van der Waals surface area (Å²) in [5.41, 5.74) is 0.670. The second kappa shape index (κ2) is 14.5. The Hall–Kier alpha value is -3.18. The molecule has 13 heteroatoms. The number of amides is 2. The highest BCUT2D eigenvalue weighted by Crippen LogP contribution is 2.30. The molecule has 0 saturated carbocycles. The summed E-state index contributed by atoms with van der Waals surface area (Å²) in [7, 11) is 0. The maximum atomic E-state index is 13.0. The SMILES string of the molecule is CCCOc1ccc(C2=NN(CC(=O)Nc3ccc(C(F)(F)F)cc3)CC2N(CCC)C(=O)OCC(Cl)Cl)cc1. The van der Waals surface area contributed by atoms with Gasteiger partial charge in [-0.25, -0.2) is 4.79 Å². The molecule has 2 amide bonds. The molecule has 1 unspecified atom stereocenters. The zero-order valence-corrected chi connectivity index (χ0v) is 23.6. The second-order valence-corrected chi connectivity index (χ2v) is 10.3. The molecule has 0 aromatic heterocycles. The number of hydrogen-bond acceptors (Lipinski definition) is 6. The van der Waals surface area contributed by atoms with E-state index in [1.807, 2.05) is 26.0 Å². The average Bonchev–Trinajstić information content (AvgIpc) is 3.32. The van der Waals surface area contributed by atoms with E-state index in [0.29, 0.717) is 31.0 Å². The fourth-order valence-corrected chi connectivity index (χ4v) is 4.15. The third-order valence-electron chi connectivity index (χ3n) is 5.80. The molecule has 218 valence electrons. The van der Waals surface area contributed by atoms with Crippen LogP contribution in [-0.4, -0.2) is 71.3 Å². The zero-order valence-electron chi connectivity index (χ0n) is 22.1. The van der Waals surface area contributed by atoms with Crippen LogP contribution in [0.3, 0.4) is 0 Å². The van der Waals surface area contributed by atoms with Gasteiger partial charge in [0.25, 0.3) is 0 Å². The molecule has 0 fully saturated rings. The lowest BCUT2D eigenvalue weighted by molar-refractivity contribution is -0.137. The van der Waals surface area contributed by atoms with Crippen LogP contribution in [0, 0.1) is 0 Å². The van der Waals surface area contributed by atoms with Gasteiger partial charge in [0.15, 0.2) is 0 Å². The van der Waals surface area contributed by atoms with Gasteiger partial charge in [-0.3, -0.25) is 14.7 Å². The average molecular weight is 603 g/mol. The number of hydrazone groups is 1. The van der Waals surface area contributed by atoms with E-state index < -0.39 is 34.6 Å². The number of nitrogens with zero attached hydrogens (tertiary/aromatic N) is 3. The van der Waals surface area contributed by atoms with Gasteiger partial charge in [0.2, 0.25) is 5.91 Å². The first-order chi connectivity index (χ1) is 19.0. The van der Waals surface area contributed by atoms with E-state index >= 15 is 0 Å². The summed E-state index contributed by atoms with van der Waals surface area (Å²) in [6, 6.07) is 10.9. The first kappa shape index (κ1) is 31.3. The van der Waals surface area contributed by atoms with Gasteiger partial charge in [-0.1, -0.05) is 13.8 Å². The molecule has 40 heavy (non-hydrogen) atoms. The van der Waals surface area contributed by atoms with Gasteiger partial charge in [-0.2, -0.15) is 18.3 Å². The molecule has 0 saturated heterocycles. The van der Waals surface area contributed by atoms with Crippen molar-refractivity contribution >= 4 is 46.6 Å². The molecule has 2 aromatic carbocycles. The van der Waals surface area contributed by atoms with Crippen LogP contribution in [0.25, 0.3) is 0 Å². The molecule has 1 aliphatic rings. The largest absolute Gasteiger partial charge is 0.494 e. The van der Waals surface area contributed by atoms with Crippen LogP contribution in [0.2, 0.25) is 0 Å². The van der Waals surface area contributed by atoms with E-state index in [-0.39, 0.29) is 25.4 Å². The second-order valence-electron chi connectivity index (χ2n) is 9.01.